The predicted molar refractivity (Wildman–Crippen MR) is 98.3 cm³/mol. The molecule has 3 aliphatic heterocycles. The van der Waals surface area contributed by atoms with E-state index in [1.165, 1.54) is 0 Å². The summed E-state index contributed by atoms with van der Waals surface area (Å²) in [5.41, 5.74) is 2.63. The Morgan fingerprint density at radius 3 is 2.73 bits per heavy atom. The minimum absolute atomic E-state index is 0.166. The van der Waals surface area contributed by atoms with E-state index in [4.69, 9.17) is 1.41 Å². The van der Waals surface area contributed by atoms with E-state index in [9.17, 15) is 14.4 Å². The maximum atomic E-state index is 12.9. The summed E-state index contributed by atoms with van der Waals surface area (Å²) in [5, 5.41) is 3.90. The van der Waals surface area contributed by atoms with Gasteiger partial charge in [-0.1, -0.05) is 6.07 Å². The fourth-order valence-corrected chi connectivity index (χ4v) is 4.59. The zero-order valence-corrected chi connectivity index (χ0v) is 15.9. The Hall–Kier alpha value is -1.77. The van der Waals surface area contributed by atoms with E-state index in [0.29, 0.717) is 18.5 Å². The number of amides is 3. The molecule has 0 saturated carbocycles. The molecule has 8 heteroatoms. The van der Waals surface area contributed by atoms with Gasteiger partial charge in [0.05, 0.1) is 5.56 Å². The molecule has 1 aromatic carbocycles. The molecule has 3 heterocycles. The van der Waals surface area contributed by atoms with E-state index in [2.05, 4.69) is 26.1 Å². The Morgan fingerprint density at radius 1 is 1.23 bits per heavy atom. The largest absolute Gasteiger partial charge is 0.322 e. The van der Waals surface area contributed by atoms with E-state index < -0.39 is 11.9 Å². The van der Waals surface area contributed by atoms with Gasteiger partial charge in [-0.25, -0.2) is 0 Å². The highest BCUT2D eigenvalue weighted by Crippen LogP contribution is 2.33. The van der Waals surface area contributed by atoms with Crippen LogP contribution in [0.5, 0.6) is 0 Å². The van der Waals surface area contributed by atoms with E-state index in [1.807, 2.05) is 12.1 Å². The SMILES string of the molecule is [2H]N1CCN(Cc2cc(Br)c3c(c2)CN(C2CCC(=O)NC2=O)C3=O)CC1. The van der Waals surface area contributed by atoms with Crippen LogP contribution < -0.4 is 10.6 Å². The summed E-state index contributed by atoms with van der Waals surface area (Å²) in [6.45, 7) is 4.31. The first kappa shape index (κ1) is 16.4. The fraction of sp³-hybridized carbons (Fsp3) is 0.500. The van der Waals surface area contributed by atoms with Gasteiger partial charge in [0.1, 0.15) is 7.45 Å². The molecular weight excluding hydrogens is 400 g/mol. The molecule has 3 aliphatic rings. The molecule has 0 radical (unpaired) electrons. The van der Waals surface area contributed by atoms with Crippen LogP contribution in [0.4, 0.5) is 0 Å². The van der Waals surface area contributed by atoms with Crippen molar-refractivity contribution in [2.24, 2.45) is 0 Å². The van der Waals surface area contributed by atoms with Gasteiger partial charge in [0, 0.05) is 50.2 Å². The van der Waals surface area contributed by atoms with Crippen molar-refractivity contribution in [3.63, 3.8) is 0 Å². The maximum Gasteiger partial charge on any atom is 0.256 e. The first-order valence-corrected chi connectivity index (χ1v) is 9.64. The highest BCUT2D eigenvalue weighted by atomic mass is 79.9. The first-order valence-electron chi connectivity index (χ1n) is 9.29. The van der Waals surface area contributed by atoms with Gasteiger partial charge in [0.25, 0.3) is 5.91 Å². The van der Waals surface area contributed by atoms with Crippen molar-refractivity contribution >= 4 is 33.7 Å². The third-order valence-electron chi connectivity index (χ3n) is 5.19. The smallest absolute Gasteiger partial charge is 0.256 e. The Kier molecular flexibility index (Phi) is 4.48. The minimum atomic E-state index is -0.594. The van der Waals surface area contributed by atoms with Gasteiger partial charge in [0.15, 0.2) is 0 Å². The summed E-state index contributed by atoms with van der Waals surface area (Å²) in [5.74, 6) is -0.839. The molecular formula is C18H21BrN4O3. The van der Waals surface area contributed by atoms with Crippen molar-refractivity contribution in [1.82, 2.24) is 20.4 Å². The van der Waals surface area contributed by atoms with Gasteiger partial charge in [-0.05, 0) is 39.5 Å². The Labute approximate surface area is 161 Å². The Balaban J connectivity index is 1.52. The van der Waals surface area contributed by atoms with Gasteiger partial charge in [-0.15, -0.1) is 0 Å². The molecule has 0 bridgehead atoms. The number of nitrogens with one attached hydrogen (secondary N) is 2. The molecule has 26 heavy (non-hydrogen) atoms. The van der Waals surface area contributed by atoms with Gasteiger partial charge in [0.2, 0.25) is 11.8 Å². The van der Waals surface area contributed by atoms with Crippen LogP contribution in [0.25, 0.3) is 0 Å². The number of piperazine rings is 1. The number of halogens is 1. The zero-order chi connectivity index (χ0) is 19.1. The number of carbonyl (C=O) groups is 3. The summed E-state index contributed by atoms with van der Waals surface area (Å²) in [4.78, 5) is 40.3. The second-order valence-electron chi connectivity index (χ2n) is 6.96. The molecule has 4 rings (SSSR count). The van der Waals surface area contributed by atoms with Gasteiger partial charge < -0.3 is 10.2 Å². The number of hydrogen-bond acceptors (Lipinski definition) is 5. The van der Waals surface area contributed by atoms with Crippen LogP contribution in [-0.4, -0.2) is 59.7 Å². The second-order valence-corrected chi connectivity index (χ2v) is 7.81. The lowest BCUT2D eigenvalue weighted by Crippen LogP contribution is -2.52. The number of rotatable bonds is 3. The topological polar surface area (TPSA) is 81.8 Å². The normalized spacial score (nSPS) is 25.3. The molecule has 2 N–H and O–H groups in total. The third-order valence-corrected chi connectivity index (χ3v) is 5.81. The van der Waals surface area contributed by atoms with Gasteiger partial charge in [-0.2, -0.15) is 0 Å². The van der Waals surface area contributed by atoms with Crippen molar-refractivity contribution in [3.8, 4) is 0 Å². The highest BCUT2D eigenvalue weighted by molar-refractivity contribution is 9.10. The number of carbonyl (C=O) groups excluding carboxylic acids is 3. The van der Waals surface area contributed by atoms with Crippen molar-refractivity contribution in [2.45, 2.75) is 32.0 Å². The average Bonchev–Trinajstić information content (AvgIpc) is 2.94. The number of hydrogen-bond donors (Lipinski definition) is 2. The third kappa shape index (κ3) is 3.28. The van der Waals surface area contributed by atoms with Crippen LogP contribution in [0.2, 0.25) is 1.41 Å². The molecule has 1 aromatic rings. The molecule has 3 amide bonds. The highest BCUT2D eigenvalue weighted by Gasteiger charge is 2.40. The van der Waals surface area contributed by atoms with Crippen molar-refractivity contribution in [2.75, 3.05) is 26.2 Å². The summed E-state index contributed by atoms with van der Waals surface area (Å²) < 4.78 is 8.39. The van der Waals surface area contributed by atoms with Crippen LogP contribution in [0, 0.1) is 0 Å². The molecule has 0 aliphatic carbocycles. The van der Waals surface area contributed by atoms with E-state index >= 15 is 0 Å². The lowest BCUT2D eigenvalue weighted by atomic mass is 10.0. The zero-order valence-electron chi connectivity index (χ0n) is 15.3. The molecule has 7 nitrogen and oxygen atoms in total. The van der Waals surface area contributed by atoms with E-state index in [-0.39, 0.29) is 18.2 Å². The summed E-state index contributed by atoms with van der Waals surface area (Å²) in [6.07, 6.45) is 0.622. The number of nitrogens with zero attached hydrogens (tertiary/aromatic N) is 2. The molecule has 2 saturated heterocycles. The monoisotopic (exact) mass is 421 g/mol. The summed E-state index contributed by atoms with van der Waals surface area (Å²) in [6, 6.07) is 3.41. The van der Waals surface area contributed by atoms with Crippen molar-refractivity contribution in [1.29, 1.82) is 0 Å². The van der Waals surface area contributed by atoms with Crippen molar-refractivity contribution in [3.05, 3.63) is 33.3 Å². The van der Waals surface area contributed by atoms with Crippen molar-refractivity contribution < 1.29 is 15.8 Å². The molecule has 0 aromatic heterocycles. The lowest BCUT2D eigenvalue weighted by molar-refractivity contribution is -0.136. The van der Waals surface area contributed by atoms with E-state index in [0.717, 1.165) is 48.3 Å². The van der Waals surface area contributed by atoms with Crippen LogP contribution in [0.3, 0.4) is 0 Å². The molecule has 0 spiro atoms. The Bertz CT molecular complexity index is 810. The van der Waals surface area contributed by atoms with Gasteiger partial charge >= 0.3 is 0 Å². The summed E-state index contributed by atoms with van der Waals surface area (Å²) >= 11 is 3.53. The number of benzene rings is 1. The Morgan fingerprint density at radius 2 is 2.00 bits per heavy atom. The van der Waals surface area contributed by atoms with Crippen LogP contribution in [-0.2, 0) is 22.7 Å². The first-order chi connectivity index (χ1) is 12.9. The summed E-state index contributed by atoms with van der Waals surface area (Å²) in [7, 11) is 0. The van der Waals surface area contributed by atoms with Gasteiger partial charge in [-0.3, -0.25) is 24.6 Å². The average molecular weight is 422 g/mol. The number of fused-ring (bicyclic) bond motifs is 1. The molecule has 1 atom stereocenters. The molecule has 2 fully saturated rings. The quantitative estimate of drug-likeness (QED) is 0.698. The number of piperidine rings is 1. The fourth-order valence-electron chi connectivity index (χ4n) is 3.88. The predicted octanol–water partition coefficient (Wildman–Crippen LogP) is 0.615. The maximum absolute atomic E-state index is 12.9. The number of imide groups is 1. The minimum Gasteiger partial charge on any atom is -0.322 e. The standard InChI is InChI=1S/C18H21BrN4O3/c19-13-8-11(9-22-5-3-20-4-6-22)7-12-10-23(18(26)16(12)13)14-1-2-15(24)21-17(14)25/h7-8,14,20H,1-6,9-10H2,(H,21,24,25)/i/hD. The van der Waals surface area contributed by atoms with Crippen LogP contribution in [0.15, 0.2) is 16.6 Å². The second kappa shape index (κ2) is 7.09. The van der Waals surface area contributed by atoms with Crippen LogP contribution >= 0.6 is 15.9 Å². The van der Waals surface area contributed by atoms with Crippen LogP contribution in [0.1, 0.15) is 34.3 Å². The lowest BCUT2D eigenvalue weighted by Gasteiger charge is -2.29. The molecule has 138 valence electrons. The molecule has 1 unspecified atom stereocenters. The van der Waals surface area contributed by atoms with E-state index in [1.54, 1.807) is 10.2 Å².